The summed E-state index contributed by atoms with van der Waals surface area (Å²) in [6.45, 7) is 4.75. The maximum Gasteiger partial charge on any atom is 0.274 e. The third kappa shape index (κ3) is 5.16. The van der Waals surface area contributed by atoms with Crippen LogP contribution in [-0.2, 0) is 4.79 Å². The summed E-state index contributed by atoms with van der Waals surface area (Å²) >= 11 is 0. The largest absolute Gasteiger partial charge is 0.353 e. The highest BCUT2D eigenvalue weighted by Gasteiger charge is 2.20. The van der Waals surface area contributed by atoms with Gasteiger partial charge in [0.15, 0.2) is 0 Å². The summed E-state index contributed by atoms with van der Waals surface area (Å²) in [5, 5.41) is 5.55. The van der Waals surface area contributed by atoms with Crippen molar-refractivity contribution >= 4 is 34.8 Å². The minimum absolute atomic E-state index is 0.140. The number of anilines is 4. The molecule has 8 heteroatoms. The van der Waals surface area contributed by atoms with Crippen LogP contribution < -0.4 is 20.4 Å². The Labute approximate surface area is 180 Å². The second kappa shape index (κ2) is 9.25. The number of nitrogens with one attached hydrogen (secondary N) is 2. The second-order valence-corrected chi connectivity index (χ2v) is 7.26. The fourth-order valence-electron chi connectivity index (χ4n) is 3.47. The quantitative estimate of drug-likeness (QED) is 0.665. The zero-order valence-corrected chi connectivity index (χ0v) is 17.3. The lowest BCUT2D eigenvalue weighted by atomic mass is 10.2. The van der Waals surface area contributed by atoms with Gasteiger partial charge in [0.2, 0.25) is 5.91 Å². The first-order chi connectivity index (χ1) is 15.1. The van der Waals surface area contributed by atoms with Crippen LogP contribution in [-0.4, -0.2) is 48.0 Å². The van der Waals surface area contributed by atoms with Crippen LogP contribution in [0.5, 0.6) is 0 Å². The molecule has 31 heavy (non-hydrogen) atoms. The molecule has 2 N–H and O–H groups in total. The monoisotopic (exact) mass is 416 g/mol. The Morgan fingerprint density at radius 3 is 2.00 bits per heavy atom. The van der Waals surface area contributed by atoms with Gasteiger partial charge in [0.05, 0.1) is 0 Å². The van der Waals surface area contributed by atoms with E-state index in [4.69, 9.17) is 0 Å². The SMILES string of the molecule is CC(=O)Nc1ccc(NC(=O)c2cccc(N3CCN(c4ccccn4)CC3)n2)cc1. The van der Waals surface area contributed by atoms with Crippen molar-refractivity contribution in [2.45, 2.75) is 6.92 Å². The average molecular weight is 416 g/mol. The minimum Gasteiger partial charge on any atom is -0.353 e. The number of piperazine rings is 1. The van der Waals surface area contributed by atoms with Gasteiger partial charge in [-0.15, -0.1) is 0 Å². The number of carbonyl (C=O) groups is 2. The normalized spacial score (nSPS) is 13.6. The highest BCUT2D eigenvalue weighted by Crippen LogP contribution is 2.19. The van der Waals surface area contributed by atoms with E-state index >= 15 is 0 Å². The van der Waals surface area contributed by atoms with Gasteiger partial charge in [0.1, 0.15) is 17.3 Å². The molecule has 0 spiro atoms. The number of aromatic nitrogens is 2. The average Bonchev–Trinajstić information content (AvgIpc) is 2.81. The maximum absolute atomic E-state index is 12.7. The topological polar surface area (TPSA) is 90.5 Å². The van der Waals surface area contributed by atoms with Crippen molar-refractivity contribution in [3.63, 3.8) is 0 Å². The number of pyridine rings is 2. The van der Waals surface area contributed by atoms with Gasteiger partial charge >= 0.3 is 0 Å². The molecule has 0 radical (unpaired) electrons. The van der Waals surface area contributed by atoms with E-state index in [1.165, 1.54) is 6.92 Å². The molecule has 1 aliphatic rings. The van der Waals surface area contributed by atoms with Crippen LogP contribution in [0.3, 0.4) is 0 Å². The molecular formula is C23H24N6O2. The molecule has 0 saturated carbocycles. The van der Waals surface area contributed by atoms with E-state index in [-0.39, 0.29) is 11.8 Å². The number of rotatable bonds is 5. The molecule has 4 rings (SSSR count). The highest BCUT2D eigenvalue weighted by atomic mass is 16.2. The van der Waals surface area contributed by atoms with Gasteiger partial charge in [-0.1, -0.05) is 12.1 Å². The van der Waals surface area contributed by atoms with Crippen LogP contribution >= 0.6 is 0 Å². The van der Waals surface area contributed by atoms with Crippen LogP contribution in [0.4, 0.5) is 23.0 Å². The fourth-order valence-corrected chi connectivity index (χ4v) is 3.47. The Balaban J connectivity index is 1.38. The molecule has 0 aliphatic carbocycles. The molecule has 3 heterocycles. The minimum atomic E-state index is -0.277. The zero-order chi connectivity index (χ0) is 21.6. The van der Waals surface area contributed by atoms with Gasteiger partial charge in [-0.3, -0.25) is 9.59 Å². The van der Waals surface area contributed by atoms with Crippen molar-refractivity contribution < 1.29 is 9.59 Å². The first kappa shape index (κ1) is 20.3. The van der Waals surface area contributed by atoms with Crippen LogP contribution in [0.1, 0.15) is 17.4 Å². The molecule has 0 bridgehead atoms. The standard InChI is InChI=1S/C23H24N6O2/c1-17(30)25-18-8-10-19(11-9-18)26-23(31)20-5-4-7-22(27-20)29-15-13-28(14-16-29)21-6-2-3-12-24-21/h2-12H,13-16H2,1H3,(H,25,30)(H,26,31). The van der Waals surface area contributed by atoms with Crippen molar-refractivity contribution in [1.29, 1.82) is 0 Å². The molecule has 1 saturated heterocycles. The zero-order valence-electron chi connectivity index (χ0n) is 17.3. The molecule has 1 fully saturated rings. The number of hydrogen-bond acceptors (Lipinski definition) is 6. The number of amides is 2. The Morgan fingerprint density at radius 2 is 1.39 bits per heavy atom. The van der Waals surface area contributed by atoms with Crippen LogP contribution in [0, 0.1) is 0 Å². The van der Waals surface area contributed by atoms with Crippen molar-refractivity contribution in [3.05, 3.63) is 72.6 Å². The number of benzene rings is 1. The number of hydrogen-bond donors (Lipinski definition) is 2. The molecule has 8 nitrogen and oxygen atoms in total. The number of carbonyl (C=O) groups excluding carboxylic acids is 2. The van der Waals surface area contributed by atoms with Crippen molar-refractivity contribution in [2.75, 3.05) is 46.6 Å². The molecule has 2 aromatic heterocycles. The highest BCUT2D eigenvalue weighted by molar-refractivity contribution is 6.03. The Morgan fingerprint density at radius 1 is 0.774 bits per heavy atom. The van der Waals surface area contributed by atoms with Crippen LogP contribution in [0.15, 0.2) is 66.9 Å². The number of nitrogens with zero attached hydrogens (tertiary/aromatic N) is 4. The van der Waals surface area contributed by atoms with Crippen molar-refractivity contribution in [2.24, 2.45) is 0 Å². The lowest BCUT2D eigenvalue weighted by Gasteiger charge is -2.36. The van der Waals surface area contributed by atoms with Gasteiger partial charge in [-0.2, -0.15) is 0 Å². The summed E-state index contributed by atoms with van der Waals surface area (Å²) in [5.74, 6) is 1.35. The predicted molar refractivity (Wildman–Crippen MR) is 122 cm³/mol. The van der Waals surface area contributed by atoms with E-state index < -0.39 is 0 Å². The first-order valence-corrected chi connectivity index (χ1v) is 10.2. The van der Waals surface area contributed by atoms with Gasteiger partial charge < -0.3 is 20.4 Å². The van der Waals surface area contributed by atoms with Gasteiger partial charge in [0.25, 0.3) is 5.91 Å². The summed E-state index contributed by atoms with van der Waals surface area (Å²) in [5.41, 5.74) is 1.67. The van der Waals surface area contributed by atoms with E-state index in [9.17, 15) is 9.59 Å². The maximum atomic E-state index is 12.7. The van der Waals surface area contributed by atoms with Gasteiger partial charge in [-0.25, -0.2) is 9.97 Å². The Bertz CT molecular complexity index is 1050. The third-order valence-electron chi connectivity index (χ3n) is 5.01. The molecule has 2 amide bonds. The summed E-state index contributed by atoms with van der Waals surface area (Å²) < 4.78 is 0. The lowest BCUT2D eigenvalue weighted by Crippen LogP contribution is -2.47. The Kier molecular flexibility index (Phi) is 6.07. The smallest absolute Gasteiger partial charge is 0.274 e. The van der Waals surface area contributed by atoms with E-state index in [2.05, 4.69) is 30.4 Å². The molecule has 1 aliphatic heterocycles. The van der Waals surface area contributed by atoms with E-state index in [1.54, 1.807) is 36.5 Å². The molecule has 1 aromatic carbocycles. The summed E-state index contributed by atoms with van der Waals surface area (Å²) in [6.07, 6.45) is 1.80. The van der Waals surface area contributed by atoms with Crippen molar-refractivity contribution in [1.82, 2.24) is 9.97 Å². The molecule has 0 atom stereocenters. The summed E-state index contributed by atoms with van der Waals surface area (Å²) in [6, 6.07) is 18.4. The lowest BCUT2D eigenvalue weighted by molar-refractivity contribution is -0.114. The van der Waals surface area contributed by atoms with Gasteiger partial charge in [0, 0.05) is 50.7 Å². The Hall–Kier alpha value is -3.94. The first-order valence-electron chi connectivity index (χ1n) is 10.2. The van der Waals surface area contributed by atoms with Crippen LogP contribution in [0.2, 0.25) is 0 Å². The summed E-state index contributed by atoms with van der Waals surface area (Å²) in [4.78, 5) is 37.2. The summed E-state index contributed by atoms with van der Waals surface area (Å²) in [7, 11) is 0. The van der Waals surface area contributed by atoms with E-state index in [0.717, 1.165) is 37.8 Å². The van der Waals surface area contributed by atoms with Crippen LogP contribution in [0.25, 0.3) is 0 Å². The predicted octanol–water partition coefficient (Wildman–Crippen LogP) is 3.01. The molecule has 0 unspecified atom stereocenters. The van der Waals surface area contributed by atoms with Crippen molar-refractivity contribution in [3.8, 4) is 0 Å². The van der Waals surface area contributed by atoms with E-state index in [0.29, 0.717) is 17.1 Å². The van der Waals surface area contributed by atoms with Gasteiger partial charge in [-0.05, 0) is 48.5 Å². The van der Waals surface area contributed by atoms with E-state index in [1.807, 2.05) is 30.3 Å². The molecule has 158 valence electrons. The molecule has 3 aromatic rings. The fraction of sp³-hybridized carbons (Fsp3) is 0.217. The third-order valence-corrected chi connectivity index (χ3v) is 5.01. The molecular weight excluding hydrogens is 392 g/mol. The second-order valence-electron chi connectivity index (χ2n) is 7.26.